The number of fused-ring (bicyclic) bond motifs is 3. The van der Waals surface area contributed by atoms with Crippen LogP contribution in [0.1, 0.15) is 27.7 Å². The molecule has 0 aliphatic carbocycles. The molecule has 3 saturated heterocycles. The number of hydrogen-bond acceptors (Lipinski definition) is 6. The van der Waals surface area contributed by atoms with Crippen molar-refractivity contribution < 1.29 is 28.4 Å². The van der Waals surface area contributed by atoms with Crippen molar-refractivity contribution in [1.29, 1.82) is 0 Å². The molecule has 110 valence electrons. The lowest BCUT2D eigenvalue weighted by Crippen LogP contribution is -2.56. The van der Waals surface area contributed by atoms with E-state index in [1.54, 1.807) is 7.11 Å². The van der Waals surface area contributed by atoms with Crippen molar-refractivity contribution in [3.05, 3.63) is 0 Å². The van der Waals surface area contributed by atoms with E-state index in [0.717, 1.165) is 0 Å². The van der Waals surface area contributed by atoms with Crippen molar-refractivity contribution in [3.63, 3.8) is 0 Å². The van der Waals surface area contributed by atoms with Crippen molar-refractivity contribution in [2.75, 3.05) is 13.7 Å². The topological polar surface area (TPSA) is 55.4 Å². The monoisotopic (exact) mass is 274 g/mol. The van der Waals surface area contributed by atoms with Crippen LogP contribution >= 0.6 is 0 Å². The highest BCUT2D eigenvalue weighted by atomic mass is 16.9. The van der Waals surface area contributed by atoms with E-state index in [4.69, 9.17) is 28.4 Å². The summed E-state index contributed by atoms with van der Waals surface area (Å²) in [6.07, 6.45) is -1.32. The summed E-state index contributed by atoms with van der Waals surface area (Å²) in [4.78, 5) is 0. The van der Waals surface area contributed by atoms with Gasteiger partial charge in [-0.15, -0.1) is 0 Å². The zero-order valence-corrected chi connectivity index (χ0v) is 12.0. The highest BCUT2D eigenvalue weighted by Crippen LogP contribution is 2.43. The Bertz CT molecular complexity index is 355. The summed E-state index contributed by atoms with van der Waals surface area (Å²) in [5.74, 6) is -1.31. The third-order valence-corrected chi connectivity index (χ3v) is 3.58. The first-order valence-corrected chi connectivity index (χ1v) is 6.67. The Labute approximate surface area is 113 Å². The van der Waals surface area contributed by atoms with Crippen LogP contribution in [0.2, 0.25) is 0 Å². The van der Waals surface area contributed by atoms with Crippen LogP contribution < -0.4 is 0 Å². The summed E-state index contributed by atoms with van der Waals surface area (Å²) in [5, 5.41) is 0. The molecule has 0 aromatic heterocycles. The standard InChI is InChI=1S/C13H22O6/c1-12(2)16-8-7(6-14-5)15-11-10(9(8)17-12)18-13(3,4)19-11/h7-11H,6H2,1-5H3/t7?,8-,9?,10?,11+/m0/s1. The fourth-order valence-corrected chi connectivity index (χ4v) is 2.99. The summed E-state index contributed by atoms with van der Waals surface area (Å²) in [5.41, 5.74) is 0. The molecule has 3 fully saturated rings. The molecule has 0 saturated carbocycles. The highest BCUT2D eigenvalue weighted by molar-refractivity contribution is 4.99. The van der Waals surface area contributed by atoms with Gasteiger partial charge in [0, 0.05) is 7.11 Å². The minimum Gasteiger partial charge on any atom is -0.382 e. The van der Waals surface area contributed by atoms with Gasteiger partial charge in [-0.25, -0.2) is 0 Å². The van der Waals surface area contributed by atoms with Crippen LogP contribution in [0, 0.1) is 0 Å². The van der Waals surface area contributed by atoms with Gasteiger partial charge in [-0.2, -0.15) is 0 Å². The van der Waals surface area contributed by atoms with E-state index in [-0.39, 0.29) is 24.4 Å². The lowest BCUT2D eigenvalue weighted by Gasteiger charge is -2.36. The molecule has 0 spiro atoms. The molecule has 0 amide bonds. The second-order valence-corrected chi connectivity index (χ2v) is 6.16. The Morgan fingerprint density at radius 2 is 1.42 bits per heavy atom. The van der Waals surface area contributed by atoms with Crippen molar-refractivity contribution in [3.8, 4) is 0 Å². The molecule has 6 nitrogen and oxygen atoms in total. The first kappa shape index (κ1) is 13.7. The summed E-state index contributed by atoms with van der Waals surface area (Å²) in [6.45, 7) is 7.97. The van der Waals surface area contributed by atoms with Crippen LogP contribution in [-0.4, -0.2) is 56.0 Å². The molecule has 3 heterocycles. The van der Waals surface area contributed by atoms with E-state index in [2.05, 4.69) is 0 Å². The van der Waals surface area contributed by atoms with Crippen LogP contribution in [0.15, 0.2) is 0 Å². The van der Waals surface area contributed by atoms with E-state index in [0.29, 0.717) is 6.61 Å². The molecule has 0 bridgehead atoms. The second-order valence-electron chi connectivity index (χ2n) is 6.16. The zero-order chi connectivity index (χ0) is 13.8. The van der Waals surface area contributed by atoms with Gasteiger partial charge in [-0.1, -0.05) is 0 Å². The first-order chi connectivity index (χ1) is 8.81. The molecule has 3 aliphatic heterocycles. The van der Waals surface area contributed by atoms with Gasteiger partial charge in [0.2, 0.25) is 0 Å². The largest absolute Gasteiger partial charge is 0.382 e. The van der Waals surface area contributed by atoms with Crippen molar-refractivity contribution in [2.24, 2.45) is 0 Å². The van der Waals surface area contributed by atoms with Gasteiger partial charge < -0.3 is 28.4 Å². The average molecular weight is 274 g/mol. The van der Waals surface area contributed by atoms with Gasteiger partial charge in [-0.05, 0) is 27.7 Å². The fraction of sp³-hybridized carbons (Fsp3) is 1.00. The predicted molar refractivity (Wildman–Crippen MR) is 64.4 cm³/mol. The van der Waals surface area contributed by atoms with Gasteiger partial charge in [0.25, 0.3) is 0 Å². The first-order valence-electron chi connectivity index (χ1n) is 6.67. The van der Waals surface area contributed by atoms with Gasteiger partial charge in [0.05, 0.1) is 6.61 Å². The molecule has 3 aliphatic rings. The van der Waals surface area contributed by atoms with Gasteiger partial charge >= 0.3 is 0 Å². The van der Waals surface area contributed by atoms with Crippen LogP contribution in [0.5, 0.6) is 0 Å². The number of hydrogen-bond donors (Lipinski definition) is 0. The predicted octanol–water partition coefficient (Wildman–Crippen LogP) is 1.03. The van der Waals surface area contributed by atoms with Gasteiger partial charge in [0.15, 0.2) is 17.9 Å². The minimum atomic E-state index is -0.669. The maximum atomic E-state index is 5.97. The molecule has 0 aromatic rings. The summed E-state index contributed by atoms with van der Waals surface area (Å²) in [7, 11) is 1.64. The molecule has 19 heavy (non-hydrogen) atoms. The Hall–Kier alpha value is -0.240. The van der Waals surface area contributed by atoms with E-state index >= 15 is 0 Å². The highest BCUT2D eigenvalue weighted by Gasteiger charge is 2.60. The molecule has 0 aromatic carbocycles. The molecule has 6 heteroatoms. The van der Waals surface area contributed by atoms with E-state index in [1.807, 2.05) is 27.7 Å². The Morgan fingerprint density at radius 1 is 0.842 bits per heavy atom. The SMILES string of the molecule is COCC1O[C@@H]2OC(C)(C)OC2C2OC(C)(C)O[C@@H]12. The van der Waals surface area contributed by atoms with Crippen molar-refractivity contribution in [2.45, 2.75) is 70.0 Å². The number of rotatable bonds is 2. The fourth-order valence-electron chi connectivity index (χ4n) is 2.99. The third-order valence-electron chi connectivity index (χ3n) is 3.58. The van der Waals surface area contributed by atoms with Crippen LogP contribution in [-0.2, 0) is 28.4 Å². The van der Waals surface area contributed by atoms with Crippen LogP contribution in [0.25, 0.3) is 0 Å². The molecule has 5 atom stereocenters. The average Bonchev–Trinajstić information content (AvgIpc) is 2.74. The molecule has 0 radical (unpaired) electrons. The smallest absolute Gasteiger partial charge is 0.190 e. The van der Waals surface area contributed by atoms with Crippen LogP contribution in [0.3, 0.4) is 0 Å². The number of ether oxygens (including phenoxy) is 6. The zero-order valence-electron chi connectivity index (χ0n) is 12.0. The van der Waals surface area contributed by atoms with E-state index < -0.39 is 17.9 Å². The normalized spacial score (nSPS) is 46.9. The minimum absolute atomic E-state index is 0.198. The van der Waals surface area contributed by atoms with Crippen molar-refractivity contribution >= 4 is 0 Å². The third kappa shape index (κ3) is 2.41. The Morgan fingerprint density at radius 3 is 2.11 bits per heavy atom. The van der Waals surface area contributed by atoms with Gasteiger partial charge in [0.1, 0.15) is 24.4 Å². The summed E-state index contributed by atoms with van der Waals surface area (Å²) >= 11 is 0. The van der Waals surface area contributed by atoms with Crippen LogP contribution in [0.4, 0.5) is 0 Å². The summed E-state index contributed by atoms with van der Waals surface area (Å²) < 4.78 is 34.7. The Balaban J connectivity index is 1.84. The maximum Gasteiger partial charge on any atom is 0.190 e. The summed E-state index contributed by atoms with van der Waals surface area (Å²) in [6, 6.07) is 0. The molecule has 0 N–H and O–H groups in total. The quantitative estimate of drug-likeness (QED) is 0.749. The van der Waals surface area contributed by atoms with Crippen molar-refractivity contribution in [1.82, 2.24) is 0 Å². The van der Waals surface area contributed by atoms with E-state index in [9.17, 15) is 0 Å². The maximum absolute atomic E-state index is 5.97. The molecular formula is C13H22O6. The Kier molecular flexibility index (Phi) is 3.16. The van der Waals surface area contributed by atoms with Gasteiger partial charge in [-0.3, -0.25) is 0 Å². The second kappa shape index (κ2) is 4.38. The lowest BCUT2D eigenvalue weighted by atomic mass is 9.99. The molecular weight excluding hydrogens is 252 g/mol. The molecule has 3 rings (SSSR count). The lowest BCUT2D eigenvalue weighted by molar-refractivity contribution is -0.241. The molecule has 3 unspecified atom stereocenters. The number of methoxy groups -OCH3 is 1. The van der Waals surface area contributed by atoms with E-state index in [1.165, 1.54) is 0 Å².